The van der Waals surface area contributed by atoms with Crippen molar-refractivity contribution in [1.29, 1.82) is 0 Å². The molecule has 1 aromatic heterocycles. The van der Waals surface area contributed by atoms with Gasteiger partial charge in [0.1, 0.15) is 17.5 Å². The molecule has 0 fully saturated rings. The first kappa shape index (κ1) is 7.80. The Morgan fingerprint density at radius 1 is 1.29 bits per heavy atom. The SMILES string of the molecule is FC1CC=Cc2oc3ccccc3c21. The van der Waals surface area contributed by atoms with Gasteiger partial charge < -0.3 is 4.42 Å². The van der Waals surface area contributed by atoms with Crippen LogP contribution in [-0.2, 0) is 0 Å². The van der Waals surface area contributed by atoms with Crippen LogP contribution in [0.2, 0.25) is 0 Å². The van der Waals surface area contributed by atoms with Gasteiger partial charge >= 0.3 is 0 Å². The number of fused-ring (bicyclic) bond motifs is 3. The predicted octanol–water partition coefficient (Wildman–Crippen LogP) is 3.86. The summed E-state index contributed by atoms with van der Waals surface area (Å²) < 4.78 is 19.2. The Labute approximate surface area is 80.8 Å². The number of para-hydroxylation sites is 1. The Balaban J connectivity index is 2.40. The van der Waals surface area contributed by atoms with E-state index >= 15 is 0 Å². The molecule has 0 radical (unpaired) electrons. The van der Waals surface area contributed by atoms with Gasteiger partial charge in [-0.3, -0.25) is 0 Å². The number of allylic oxidation sites excluding steroid dienone is 1. The average Bonchev–Trinajstić information content (AvgIpc) is 2.57. The van der Waals surface area contributed by atoms with Crippen molar-refractivity contribution in [3.63, 3.8) is 0 Å². The standard InChI is InChI=1S/C12H9FO/c13-9-5-3-7-11-12(9)8-4-1-2-6-10(8)14-11/h1-4,6-7,9H,5H2. The zero-order chi connectivity index (χ0) is 9.54. The van der Waals surface area contributed by atoms with E-state index in [2.05, 4.69) is 0 Å². The smallest absolute Gasteiger partial charge is 0.135 e. The van der Waals surface area contributed by atoms with E-state index in [9.17, 15) is 4.39 Å². The van der Waals surface area contributed by atoms with Crippen molar-refractivity contribution < 1.29 is 8.81 Å². The summed E-state index contributed by atoms with van der Waals surface area (Å²) in [5.74, 6) is 0.671. The molecule has 0 aliphatic heterocycles. The van der Waals surface area contributed by atoms with Gasteiger partial charge in [-0.15, -0.1) is 0 Å². The number of halogens is 1. The number of hydrogen-bond donors (Lipinski definition) is 0. The fraction of sp³-hybridized carbons (Fsp3) is 0.167. The molecule has 0 N–H and O–H groups in total. The van der Waals surface area contributed by atoms with Gasteiger partial charge in [0.2, 0.25) is 0 Å². The van der Waals surface area contributed by atoms with Crippen molar-refractivity contribution in [3.8, 4) is 0 Å². The molecule has 1 aliphatic rings. The zero-order valence-corrected chi connectivity index (χ0v) is 7.53. The number of alkyl halides is 1. The molecule has 0 bridgehead atoms. The third-order valence-corrected chi connectivity index (χ3v) is 2.59. The summed E-state index contributed by atoms with van der Waals surface area (Å²) in [6.07, 6.45) is 3.20. The molecule has 1 atom stereocenters. The van der Waals surface area contributed by atoms with Gasteiger partial charge in [-0.05, 0) is 12.1 Å². The van der Waals surface area contributed by atoms with Crippen LogP contribution in [0.1, 0.15) is 23.9 Å². The van der Waals surface area contributed by atoms with Gasteiger partial charge in [-0.2, -0.15) is 0 Å². The van der Waals surface area contributed by atoms with Crippen LogP contribution < -0.4 is 0 Å². The summed E-state index contributed by atoms with van der Waals surface area (Å²) in [4.78, 5) is 0. The van der Waals surface area contributed by atoms with Crippen molar-refractivity contribution in [2.24, 2.45) is 0 Å². The molecule has 3 rings (SSSR count). The molecule has 1 aromatic carbocycles. The van der Waals surface area contributed by atoms with Crippen LogP contribution in [0.15, 0.2) is 34.8 Å². The largest absolute Gasteiger partial charge is 0.456 e. The average molecular weight is 188 g/mol. The summed E-state index contributed by atoms with van der Waals surface area (Å²) >= 11 is 0. The monoisotopic (exact) mass is 188 g/mol. The molecular formula is C12H9FO. The maximum atomic E-state index is 13.6. The van der Waals surface area contributed by atoms with Crippen LogP contribution in [0.5, 0.6) is 0 Å². The minimum Gasteiger partial charge on any atom is -0.456 e. The third-order valence-electron chi connectivity index (χ3n) is 2.59. The van der Waals surface area contributed by atoms with Crippen LogP contribution in [0.4, 0.5) is 4.39 Å². The maximum absolute atomic E-state index is 13.6. The lowest BCUT2D eigenvalue weighted by atomic mass is 9.99. The van der Waals surface area contributed by atoms with E-state index in [1.54, 1.807) is 0 Å². The van der Waals surface area contributed by atoms with Crippen LogP contribution in [0.25, 0.3) is 17.0 Å². The van der Waals surface area contributed by atoms with Crippen molar-refractivity contribution in [2.45, 2.75) is 12.6 Å². The summed E-state index contributed by atoms with van der Waals surface area (Å²) in [5.41, 5.74) is 1.48. The van der Waals surface area contributed by atoms with Crippen LogP contribution in [0, 0.1) is 0 Å². The van der Waals surface area contributed by atoms with Crippen molar-refractivity contribution in [2.75, 3.05) is 0 Å². The molecule has 1 heterocycles. The highest BCUT2D eigenvalue weighted by Gasteiger charge is 2.22. The van der Waals surface area contributed by atoms with E-state index in [1.807, 2.05) is 36.4 Å². The number of rotatable bonds is 0. The van der Waals surface area contributed by atoms with Crippen molar-refractivity contribution in [1.82, 2.24) is 0 Å². The summed E-state index contributed by atoms with van der Waals surface area (Å²) in [7, 11) is 0. The van der Waals surface area contributed by atoms with Gasteiger partial charge in [0.25, 0.3) is 0 Å². The Hall–Kier alpha value is -1.57. The molecular weight excluding hydrogens is 179 g/mol. The normalized spacial score (nSPS) is 19.9. The van der Waals surface area contributed by atoms with Crippen LogP contribution in [0.3, 0.4) is 0 Å². The lowest BCUT2D eigenvalue weighted by molar-refractivity contribution is 0.342. The highest BCUT2D eigenvalue weighted by Crippen LogP contribution is 2.38. The van der Waals surface area contributed by atoms with Gasteiger partial charge in [-0.1, -0.05) is 24.3 Å². The van der Waals surface area contributed by atoms with Crippen molar-refractivity contribution in [3.05, 3.63) is 41.7 Å². The van der Waals surface area contributed by atoms with Gasteiger partial charge in [0.15, 0.2) is 0 Å². The maximum Gasteiger partial charge on any atom is 0.135 e. The Kier molecular flexibility index (Phi) is 1.51. The van der Waals surface area contributed by atoms with E-state index in [4.69, 9.17) is 4.42 Å². The summed E-state index contributed by atoms with van der Waals surface area (Å²) in [5, 5.41) is 0.902. The summed E-state index contributed by atoms with van der Waals surface area (Å²) in [6, 6.07) is 7.58. The number of benzene rings is 1. The van der Waals surface area contributed by atoms with Gasteiger partial charge in [0.05, 0.1) is 0 Å². The quantitative estimate of drug-likeness (QED) is 0.611. The number of furan rings is 1. The molecule has 1 unspecified atom stereocenters. The molecule has 1 aliphatic carbocycles. The van der Waals surface area contributed by atoms with E-state index in [0.29, 0.717) is 17.7 Å². The highest BCUT2D eigenvalue weighted by molar-refractivity contribution is 5.85. The highest BCUT2D eigenvalue weighted by atomic mass is 19.1. The lowest BCUT2D eigenvalue weighted by Crippen LogP contribution is -1.94. The van der Waals surface area contributed by atoms with Crippen LogP contribution in [-0.4, -0.2) is 0 Å². The Morgan fingerprint density at radius 2 is 2.14 bits per heavy atom. The predicted molar refractivity (Wildman–Crippen MR) is 53.7 cm³/mol. The fourth-order valence-electron chi connectivity index (χ4n) is 1.94. The number of hydrogen-bond acceptors (Lipinski definition) is 1. The molecule has 1 nitrogen and oxygen atoms in total. The Morgan fingerprint density at radius 3 is 3.07 bits per heavy atom. The van der Waals surface area contributed by atoms with Crippen molar-refractivity contribution >= 4 is 17.0 Å². The minimum absolute atomic E-state index is 0.455. The van der Waals surface area contributed by atoms with Gasteiger partial charge in [-0.25, -0.2) is 4.39 Å². The second kappa shape index (κ2) is 2.71. The van der Waals surface area contributed by atoms with E-state index < -0.39 is 6.17 Å². The fourth-order valence-corrected chi connectivity index (χ4v) is 1.94. The van der Waals surface area contributed by atoms with Crippen LogP contribution >= 0.6 is 0 Å². The first-order valence-corrected chi connectivity index (χ1v) is 4.68. The topological polar surface area (TPSA) is 13.1 Å². The second-order valence-corrected chi connectivity index (χ2v) is 3.48. The molecule has 2 aromatic rings. The molecule has 0 amide bonds. The molecule has 14 heavy (non-hydrogen) atoms. The lowest BCUT2D eigenvalue weighted by Gasteiger charge is -2.08. The molecule has 70 valence electrons. The second-order valence-electron chi connectivity index (χ2n) is 3.48. The Bertz CT molecular complexity index is 510. The molecule has 0 saturated carbocycles. The van der Waals surface area contributed by atoms with E-state index in [-0.39, 0.29) is 0 Å². The first-order chi connectivity index (χ1) is 6.86. The van der Waals surface area contributed by atoms with E-state index in [1.165, 1.54) is 0 Å². The zero-order valence-electron chi connectivity index (χ0n) is 7.53. The summed E-state index contributed by atoms with van der Waals surface area (Å²) in [6.45, 7) is 0. The van der Waals surface area contributed by atoms with Gasteiger partial charge in [0, 0.05) is 17.4 Å². The minimum atomic E-state index is -0.918. The molecule has 2 heteroatoms. The molecule has 0 saturated heterocycles. The van der Waals surface area contributed by atoms with E-state index in [0.717, 1.165) is 11.0 Å². The first-order valence-electron chi connectivity index (χ1n) is 4.68. The third kappa shape index (κ3) is 0.939. The molecule has 0 spiro atoms.